The number of nitrogens with one attached hydrogen (secondary N) is 6. The van der Waals surface area contributed by atoms with Crippen molar-refractivity contribution in [3.63, 3.8) is 0 Å². The van der Waals surface area contributed by atoms with E-state index in [1.807, 2.05) is 22.6 Å². The number of hydrogen-bond donors (Lipinski definition) is 20. The Morgan fingerprint density at radius 3 is 1.01 bits per heavy atom. The Morgan fingerprint density at radius 2 is 0.672 bits per heavy atom. The second-order valence-corrected chi connectivity index (χ2v) is 66.7. The summed E-state index contributed by atoms with van der Waals surface area (Å²) in [7, 11) is 0. The first-order chi connectivity index (χ1) is 61.7. The van der Waals surface area contributed by atoms with Gasteiger partial charge < -0.3 is 162 Å². The third-order valence-electron chi connectivity index (χ3n) is 23.5. The lowest BCUT2D eigenvalue weighted by molar-refractivity contribution is -0.133. The highest BCUT2D eigenvalue weighted by molar-refractivity contribution is 14.1. The summed E-state index contributed by atoms with van der Waals surface area (Å²) in [4.78, 5) is 78.8. The van der Waals surface area contributed by atoms with Crippen molar-refractivity contribution in [3.05, 3.63) is 132 Å². The van der Waals surface area contributed by atoms with Crippen molar-refractivity contribution in [1.29, 1.82) is 0 Å². The molecule has 21 N–H and O–H groups in total. The highest BCUT2D eigenvalue weighted by atomic mass is 127. The summed E-state index contributed by atoms with van der Waals surface area (Å²) in [5.41, 5.74) is 6.29. The van der Waals surface area contributed by atoms with E-state index in [-0.39, 0.29) is 47.1 Å². The van der Waals surface area contributed by atoms with Crippen LogP contribution in [0.1, 0.15) is 58.8 Å². The number of carbonyl (C=O) groups excluding carboxylic acids is 6. The number of ether oxygens (including phenoxy) is 6. The van der Waals surface area contributed by atoms with Gasteiger partial charge in [-0.05, 0) is 185 Å². The fourth-order valence-electron chi connectivity index (χ4n) is 15.6. The van der Waals surface area contributed by atoms with E-state index in [9.17, 15) is 95.2 Å². The molecule has 38 nitrogen and oxygen atoms in total. The minimum Gasteiger partial charge on any atom is -0.502 e. The lowest BCUT2D eigenvalue weighted by Crippen LogP contribution is -2.54. The first kappa shape index (κ1) is 115. The van der Waals surface area contributed by atoms with E-state index in [4.69, 9.17) is 34.2 Å². The monoisotopic (exact) mass is 2110 g/mol. The van der Waals surface area contributed by atoms with Gasteiger partial charge in [-0.25, -0.2) is 0 Å². The van der Waals surface area contributed by atoms with Gasteiger partial charge in [-0.15, -0.1) is 79.1 Å². The summed E-state index contributed by atoms with van der Waals surface area (Å²) in [6, 6.07) is 0. The van der Waals surface area contributed by atoms with Gasteiger partial charge in [0.05, 0.1) is 57.9 Å². The summed E-state index contributed by atoms with van der Waals surface area (Å²) in [6.45, 7) is 45.2. The number of halogens is 1. The Kier molecular flexibility index (Phi) is 41.5. The summed E-state index contributed by atoms with van der Waals surface area (Å²) in [5.74, 6) is -0.422. The van der Waals surface area contributed by atoms with Crippen LogP contribution < -0.4 is 37.6 Å². The maximum atomic E-state index is 12.0. The topological polar surface area (TPSA) is 538 Å². The van der Waals surface area contributed by atoms with Crippen molar-refractivity contribution in [2.24, 2.45) is 11.7 Å². The quantitative estimate of drug-likeness (QED) is 0.0417. The zero-order valence-corrected chi connectivity index (χ0v) is 87.3. The van der Waals surface area contributed by atoms with Crippen LogP contribution in [0.15, 0.2) is 132 Å². The van der Waals surface area contributed by atoms with Crippen LogP contribution in [0, 0.1) is 5.92 Å². The van der Waals surface area contributed by atoms with Gasteiger partial charge in [0, 0.05) is 50.2 Å². The van der Waals surface area contributed by atoms with Crippen LogP contribution in [0.25, 0.3) is 0 Å². The van der Waals surface area contributed by atoms with Gasteiger partial charge >= 0.3 is 0 Å². The fourth-order valence-corrected chi connectivity index (χ4v) is 21.7. The van der Waals surface area contributed by atoms with Gasteiger partial charge in [-0.1, -0.05) is 58.5 Å². The standard InChI is InChI=1S/C17H28N3O4P.C15H27N2O4P.C15H25N2O4P.C14H22IN2O4P.C14H23N2O5P.C14H25N2O4P/c1-11-19-16(23)12(6-5-8-18)10-20(11)17-15(22)14(21)13(24-17)7-9-25(2,3)4;2*1-9-8-17(10(2)16-14(9)20)15-13(19)12(18)11(21-15)6-7-22(3,4)5;1-8-16-13(20)9(15)7-17(8)14-12(19)11(18)10(21-14)5-6-22(2,3)4;1-8-15-13(20)9(17)7-16(8)14-12(19)11(18)10(21-14)5-6-22(2,3)4;1-9-15-11(17)5-7-16(9)14-13(19)12(18)10(20-14)6-8-21(2,3)4/h5-6,10,13-15,17,21-22H,1-2,7-9,18H2,3-4H3,(H,19,23);9,11-13,15,18-19H,2-3,6-8H2,1,4-5H3,(H,16,20);8,11-13,15,18-19H,2-3,6-7H2,1,4-5H3,(H,16,20);7,10-12,14,18-19H,1-2,5-6H2,3-4H3,(H,16,20);7,10-12,14,17-19H,1-2,5-6H2,3-4H3,(H,15,20);10,12-14,18-19H,1-2,5-8H2,3-4H3,(H,15,17)/b6-5+;;;;;/t13-,14-,15-,17?;9?,11-,12-,13-,15?;11-,12-,13-,15?;2*10-,11-,12-,14?;10-,12-,13-,14?/m111111/s1. The van der Waals surface area contributed by atoms with Gasteiger partial charge in [-0.2, -0.15) is 0 Å². The minimum atomic E-state index is -1.26. The lowest BCUT2D eigenvalue weighted by atomic mass is 10.1. The molecule has 0 spiro atoms. The predicted molar refractivity (Wildman–Crippen MR) is 547 cm³/mol. The molecule has 6 amide bonds. The van der Waals surface area contributed by atoms with Gasteiger partial charge in [0.2, 0.25) is 11.8 Å². The van der Waals surface area contributed by atoms with Gasteiger partial charge in [0.25, 0.3) is 23.6 Å². The molecule has 45 heteroatoms. The molecule has 25 atom stereocenters. The van der Waals surface area contributed by atoms with Crippen LogP contribution in [-0.4, -0.2) is 453 Å². The van der Waals surface area contributed by atoms with Crippen molar-refractivity contribution in [2.75, 3.05) is 137 Å². The zero-order chi connectivity index (χ0) is 101. The molecule has 0 saturated carbocycles. The average Bonchev–Trinajstić information content (AvgIpc) is 1.65. The van der Waals surface area contributed by atoms with Crippen molar-refractivity contribution < 1.29 is 124 Å². The number of hydrogen-bond acceptors (Lipinski definition) is 32. The molecule has 12 aliphatic rings. The van der Waals surface area contributed by atoms with Crippen LogP contribution in [0.4, 0.5) is 0 Å². The Balaban J connectivity index is 0.000000220. The Morgan fingerprint density at radius 1 is 0.388 bits per heavy atom. The molecule has 8 fully saturated rings. The zero-order valence-electron chi connectivity index (χ0n) is 79.7. The number of aliphatic hydroxyl groups is 13. The molecule has 12 aliphatic heterocycles. The SMILES string of the molecule is C=C1NC(=O)C(/C=C/CN)=CN1C1O[C@H](CCP(=C)(C)C)[C@@H](O)[C@H]1O.C=C1NC(=O)C(C)=CN1C1O[C@H](CCP(=C)(C)C)[C@@H](O)[C@H]1O.C=C1NC(=O)C(C)CN1C1O[C@H](CCP(=C)(C)C)[C@@H](O)[C@H]1O.C=C1NC(=O)C(I)=CN1C1O[C@H](CCP(=C)(C)C)[C@@H](O)[C@H]1O.C=C1NC(=O)C(O)=CN1C1O[C@H](CCP(=C)(C)C)[C@@H](O)[C@H]1O.C=C1NC(=O)CCN1C1O[C@H](CCP(=C)(C)C)[C@@H](O)[C@H]1O. The van der Waals surface area contributed by atoms with Gasteiger partial charge in [-0.3, -0.25) is 28.8 Å². The van der Waals surface area contributed by atoms with Crippen molar-refractivity contribution >= 4 is 137 Å². The van der Waals surface area contributed by atoms with E-state index in [1.54, 1.807) is 64.2 Å². The molecule has 0 aromatic carbocycles. The molecule has 8 saturated heterocycles. The van der Waals surface area contributed by atoms with Gasteiger partial charge in [0.1, 0.15) is 108 Å². The smallest absolute Gasteiger partial charge is 0.293 e. The summed E-state index contributed by atoms with van der Waals surface area (Å²) >= 11 is 1.90. The van der Waals surface area contributed by atoms with Crippen molar-refractivity contribution in [1.82, 2.24) is 61.3 Å². The van der Waals surface area contributed by atoms with E-state index in [0.717, 1.165) is 43.2 Å². The lowest BCUT2D eigenvalue weighted by Gasteiger charge is -2.39. The molecular formula is C89H150IN13O25P6. The Hall–Kier alpha value is -5.67. The van der Waals surface area contributed by atoms with Crippen LogP contribution >= 0.6 is 63.9 Å². The van der Waals surface area contributed by atoms with E-state index < -0.39 is 200 Å². The molecule has 0 bridgehead atoms. The molecule has 0 aliphatic carbocycles. The minimum absolute atomic E-state index is 0.0885. The molecule has 7 unspecified atom stereocenters. The number of nitrogens with two attached hydrogens (primary N) is 1. The third kappa shape index (κ3) is 32.4. The highest BCUT2D eigenvalue weighted by Gasteiger charge is 2.53. The molecule has 0 radical (unpaired) electrons. The summed E-state index contributed by atoms with van der Waals surface area (Å²) < 4.78 is 35.4. The maximum Gasteiger partial charge on any atom is 0.293 e. The van der Waals surface area contributed by atoms with E-state index in [1.165, 1.54) is 9.80 Å². The predicted octanol–water partition coefficient (Wildman–Crippen LogP) is 0.617. The van der Waals surface area contributed by atoms with Crippen LogP contribution in [0.2, 0.25) is 0 Å². The van der Waals surface area contributed by atoms with Crippen LogP contribution in [0.5, 0.6) is 0 Å². The van der Waals surface area contributed by atoms with Crippen LogP contribution in [-0.2, 0) is 57.2 Å². The first-order valence-corrected chi connectivity index (χ1v) is 63.5. The molecule has 134 heavy (non-hydrogen) atoms. The van der Waals surface area contributed by atoms with E-state index >= 15 is 0 Å². The molecule has 12 heterocycles. The number of aliphatic hydroxyl groups excluding tert-OH is 13. The first-order valence-electron chi connectivity index (χ1n) is 44.1. The van der Waals surface area contributed by atoms with E-state index in [0.29, 0.717) is 103 Å². The number of carbonyl (C=O) groups is 6. The normalized spacial score (nSPS) is 33.3. The third-order valence-corrected chi connectivity index (χ3v) is 33.1. The second kappa shape index (κ2) is 48.2. The summed E-state index contributed by atoms with van der Waals surface area (Å²) in [6.07, 6.45) is 23.7. The average molecular weight is 2110 g/mol. The molecular weight excluding hydrogens is 1960 g/mol. The second-order valence-electron chi connectivity index (χ2n) is 39.7. The molecule has 0 aromatic heterocycles. The molecule has 12 rings (SSSR count). The highest BCUT2D eigenvalue weighted by Crippen LogP contribution is 2.46. The number of rotatable bonds is 26. The van der Waals surface area contributed by atoms with Crippen molar-refractivity contribution in [3.8, 4) is 0 Å². The number of amides is 6. The number of nitrogens with zero attached hydrogens (tertiary/aromatic N) is 6. The Labute approximate surface area is 803 Å². The van der Waals surface area contributed by atoms with Crippen molar-refractivity contribution in [2.45, 2.75) is 206 Å². The Bertz CT molecular complexity index is 4550. The maximum absolute atomic E-state index is 12.0. The van der Waals surface area contributed by atoms with Crippen LogP contribution in [0.3, 0.4) is 0 Å². The van der Waals surface area contributed by atoms with Gasteiger partial charge in [0.15, 0.2) is 43.1 Å². The fraction of sp³-hybridized carbons (Fsp3) is 0.618. The van der Waals surface area contributed by atoms with E-state index in [2.05, 4.69) is 189 Å². The largest absolute Gasteiger partial charge is 0.502 e. The molecule has 758 valence electrons. The summed E-state index contributed by atoms with van der Waals surface area (Å²) in [5, 5.41) is 148. The molecule has 0 aromatic rings.